The molecule has 2 amide bonds. The first kappa shape index (κ1) is 18.3. The summed E-state index contributed by atoms with van der Waals surface area (Å²) in [6, 6.07) is 6.77. The van der Waals surface area contributed by atoms with Crippen LogP contribution < -0.4 is 10.2 Å². The van der Waals surface area contributed by atoms with Gasteiger partial charge in [-0.3, -0.25) is 14.6 Å². The van der Waals surface area contributed by atoms with Gasteiger partial charge in [-0.2, -0.15) is 0 Å². The molecule has 0 aliphatic carbocycles. The first-order valence-electron chi connectivity index (χ1n) is 9.96. The van der Waals surface area contributed by atoms with Crippen LogP contribution in [0.4, 0.5) is 10.5 Å². The van der Waals surface area contributed by atoms with Gasteiger partial charge in [-0.05, 0) is 62.0 Å². The zero-order chi connectivity index (χ0) is 18.8. The molecule has 7 heteroatoms. The molecule has 3 heterocycles. The lowest BCUT2D eigenvalue weighted by Gasteiger charge is -2.35. The van der Waals surface area contributed by atoms with Gasteiger partial charge in [0.05, 0.1) is 6.54 Å². The Morgan fingerprint density at radius 1 is 1.07 bits per heavy atom. The summed E-state index contributed by atoms with van der Waals surface area (Å²) >= 11 is 0. The third-order valence-corrected chi connectivity index (χ3v) is 6.04. The third kappa shape index (κ3) is 3.94. The molecule has 1 aromatic carbocycles. The molecule has 27 heavy (non-hydrogen) atoms. The number of carbonyl (C=O) groups is 2. The standard InChI is InChI=1S/C20H28N4O3/c25-19(26)14-22-9-5-17(6-10-22)23-11-12-24(20(23)27)18-2-1-15-3-7-21-8-4-16(15)13-18/h1-2,13,17,21H,3-12,14H2,(H,25,26). The van der Waals surface area contributed by atoms with Crippen LogP contribution in [0.15, 0.2) is 18.2 Å². The number of carboxylic acid groups (broad SMARTS) is 1. The van der Waals surface area contributed by atoms with E-state index >= 15 is 0 Å². The number of nitrogens with one attached hydrogen (secondary N) is 1. The Morgan fingerprint density at radius 3 is 2.56 bits per heavy atom. The molecule has 7 nitrogen and oxygen atoms in total. The highest BCUT2D eigenvalue weighted by Crippen LogP contribution is 2.28. The van der Waals surface area contributed by atoms with Crippen molar-refractivity contribution in [3.63, 3.8) is 0 Å². The fourth-order valence-corrected chi connectivity index (χ4v) is 4.54. The van der Waals surface area contributed by atoms with Gasteiger partial charge in [0.2, 0.25) is 0 Å². The molecule has 0 atom stereocenters. The number of fused-ring (bicyclic) bond motifs is 1. The second-order valence-electron chi connectivity index (χ2n) is 7.73. The Bertz CT molecular complexity index is 715. The number of hydrogen-bond donors (Lipinski definition) is 2. The monoisotopic (exact) mass is 372 g/mol. The van der Waals surface area contributed by atoms with Crippen molar-refractivity contribution in [2.75, 3.05) is 50.7 Å². The van der Waals surface area contributed by atoms with Gasteiger partial charge in [0.25, 0.3) is 0 Å². The smallest absolute Gasteiger partial charge is 0.324 e. The molecule has 146 valence electrons. The average molecular weight is 372 g/mol. The van der Waals surface area contributed by atoms with Crippen molar-refractivity contribution in [3.05, 3.63) is 29.3 Å². The lowest BCUT2D eigenvalue weighted by Crippen LogP contribution is -2.47. The number of likely N-dealkylation sites (tertiary alicyclic amines) is 1. The van der Waals surface area contributed by atoms with Crippen LogP contribution in [0.2, 0.25) is 0 Å². The van der Waals surface area contributed by atoms with E-state index in [4.69, 9.17) is 5.11 Å². The Hall–Kier alpha value is -2.12. The summed E-state index contributed by atoms with van der Waals surface area (Å²) in [6.45, 7) is 5.07. The zero-order valence-corrected chi connectivity index (χ0v) is 15.7. The maximum Gasteiger partial charge on any atom is 0.324 e. The predicted molar refractivity (Wildman–Crippen MR) is 103 cm³/mol. The molecule has 2 saturated heterocycles. The average Bonchev–Trinajstić information content (AvgIpc) is 2.88. The minimum Gasteiger partial charge on any atom is -0.480 e. The number of carbonyl (C=O) groups excluding carboxylic acids is 1. The van der Waals surface area contributed by atoms with Crippen LogP contribution >= 0.6 is 0 Å². The molecule has 3 aliphatic heterocycles. The van der Waals surface area contributed by atoms with E-state index < -0.39 is 5.97 Å². The molecule has 0 aromatic heterocycles. The predicted octanol–water partition coefficient (Wildman–Crippen LogP) is 1.17. The Labute approximate surface area is 159 Å². The van der Waals surface area contributed by atoms with E-state index in [1.165, 1.54) is 11.1 Å². The first-order valence-corrected chi connectivity index (χ1v) is 9.96. The van der Waals surface area contributed by atoms with Crippen LogP contribution in [0.1, 0.15) is 24.0 Å². The molecule has 1 aromatic rings. The van der Waals surface area contributed by atoms with Crippen molar-refractivity contribution < 1.29 is 14.7 Å². The summed E-state index contributed by atoms with van der Waals surface area (Å²) in [5.74, 6) is -0.782. The van der Waals surface area contributed by atoms with Crippen LogP contribution in [0.5, 0.6) is 0 Å². The van der Waals surface area contributed by atoms with Gasteiger partial charge in [-0.15, -0.1) is 0 Å². The zero-order valence-electron chi connectivity index (χ0n) is 15.7. The normalized spacial score (nSPS) is 22.0. The summed E-state index contributed by atoms with van der Waals surface area (Å²) in [7, 11) is 0. The fourth-order valence-electron chi connectivity index (χ4n) is 4.54. The quantitative estimate of drug-likeness (QED) is 0.830. The molecular formula is C20H28N4O3. The van der Waals surface area contributed by atoms with Gasteiger partial charge in [-0.1, -0.05) is 6.07 Å². The second kappa shape index (κ2) is 7.86. The summed E-state index contributed by atoms with van der Waals surface area (Å²) < 4.78 is 0. The Kier molecular flexibility index (Phi) is 5.31. The number of aliphatic carboxylic acids is 1. The highest BCUT2D eigenvalue weighted by molar-refractivity contribution is 5.94. The second-order valence-corrected chi connectivity index (χ2v) is 7.73. The number of benzene rings is 1. The maximum absolute atomic E-state index is 13.0. The number of piperidine rings is 1. The van der Waals surface area contributed by atoms with Crippen molar-refractivity contribution in [2.24, 2.45) is 0 Å². The third-order valence-electron chi connectivity index (χ3n) is 6.04. The van der Waals surface area contributed by atoms with E-state index in [2.05, 4.69) is 23.5 Å². The van der Waals surface area contributed by atoms with Gasteiger partial charge in [0, 0.05) is 37.9 Å². The van der Waals surface area contributed by atoms with Gasteiger partial charge in [0.15, 0.2) is 0 Å². The molecule has 4 rings (SSSR count). The van der Waals surface area contributed by atoms with Crippen molar-refractivity contribution >= 4 is 17.7 Å². The van der Waals surface area contributed by atoms with E-state index in [0.29, 0.717) is 0 Å². The van der Waals surface area contributed by atoms with Gasteiger partial charge in [-0.25, -0.2) is 4.79 Å². The van der Waals surface area contributed by atoms with Crippen LogP contribution in [-0.2, 0) is 17.6 Å². The van der Waals surface area contributed by atoms with E-state index in [-0.39, 0.29) is 18.6 Å². The minimum absolute atomic E-state index is 0.0940. The van der Waals surface area contributed by atoms with Crippen LogP contribution in [-0.4, -0.2) is 78.8 Å². The highest BCUT2D eigenvalue weighted by atomic mass is 16.4. The molecule has 0 unspecified atom stereocenters. The SMILES string of the molecule is O=C(O)CN1CCC(N2CCN(c3ccc4c(c3)CCNCC4)C2=O)CC1. The van der Waals surface area contributed by atoms with Crippen LogP contribution in [0, 0.1) is 0 Å². The maximum atomic E-state index is 13.0. The fraction of sp³-hybridized carbons (Fsp3) is 0.600. The van der Waals surface area contributed by atoms with Gasteiger partial charge >= 0.3 is 12.0 Å². The Balaban J connectivity index is 1.40. The van der Waals surface area contributed by atoms with E-state index in [9.17, 15) is 9.59 Å². The van der Waals surface area contributed by atoms with Gasteiger partial charge < -0.3 is 15.3 Å². The van der Waals surface area contributed by atoms with E-state index in [1.54, 1.807) is 0 Å². The number of nitrogens with zero attached hydrogens (tertiary/aromatic N) is 3. The lowest BCUT2D eigenvalue weighted by molar-refractivity contribution is -0.138. The molecule has 2 fully saturated rings. The topological polar surface area (TPSA) is 76.1 Å². The molecule has 0 spiro atoms. The van der Waals surface area contributed by atoms with Crippen molar-refractivity contribution in [1.29, 1.82) is 0 Å². The first-order chi connectivity index (χ1) is 13.1. The number of urea groups is 1. The lowest BCUT2D eigenvalue weighted by atomic mass is 10.0. The molecule has 2 N–H and O–H groups in total. The Morgan fingerprint density at radius 2 is 1.81 bits per heavy atom. The number of carboxylic acids is 1. The number of hydrogen-bond acceptors (Lipinski definition) is 4. The van der Waals surface area contributed by atoms with E-state index in [0.717, 1.165) is 70.6 Å². The van der Waals surface area contributed by atoms with Crippen molar-refractivity contribution in [3.8, 4) is 0 Å². The van der Waals surface area contributed by atoms with Crippen molar-refractivity contribution in [1.82, 2.24) is 15.1 Å². The number of rotatable bonds is 4. The summed E-state index contributed by atoms with van der Waals surface area (Å²) in [6.07, 6.45) is 3.76. The number of amides is 2. The summed E-state index contributed by atoms with van der Waals surface area (Å²) in [5.41, 5.74) is 3.75. The largest absolute Gasteiger partial charge is 0.480 e. The summed E-state index contributed by atoms with van der Waals surface area (Å²) in [4.78, 5) is 29.7. The highest BCUT2D eigenvalue weighted by Gasteiger charge is 2.36. The van der Waals surface area contributed by atoms with Crippen LogP contribution in [0.25, 0.3) is 0 Å². The molecule has 0 saturated carbocycles. The van der Waals surface area contributed by atoms with Crippen molar-refractivity contribution in [2.45, 2.75) is 31.7 Å². The summed E-state index contributed by atoms with van der Waals surface area (Å²) in [5, 5.41) is 12.4. The molecule has 0 bridgehead atoms. The van der Waals surface area contributed by atoms with E-state index in [1.807, 2.05) is 14.7 Å². The minimum atomic E-state index is -0.782. The number of anilines is 1. The molecular weight excluding hydrogens is 344 g/mol. The van der Waals surface area contributed by atoms with Gasteiger partial charge in [0.1, 0.15) is 0 Å². The molecule has 3 aliphatic rings. The molecule has 0 radical (unpaired) electrons. The van der Waals surface area contributed by atoms with Crippen LogP contribution in [0.3, 0.4) is 0 Å².